The van der Waals surface area contributed by atoms with Crippen molar-refractivity contribution in [3.63, 3.8) is 0 Å². The first-order chi connectivity index (χ1) is 7.09. The maximum absolute atomic E-state index is 11.6. The molecule has 1 rings (SSSR count). The van der Waals surface area contributed by atoms with E-state index < -0.39 is 0 Å². The van der Waals surface area contributed by atoms with Crippen molar-refractivity contribution in [3.8, 4) is 0 Å². The number of nitrogen functional groups attached to an aromatic ring is 1. The number of rotatable bonds is 5. The van der Waals surface area contributed by atoms with Gasteiger partial charge in [-0.2, -0.15) is 0 Å². The van der Waals surface area contributed by atoms with Crippen LogP contribution in [0.15, 0.2) is 18.5 Å². The number of aromatic nitrogens is 1. The summed E-state index contributed by atoms with van der Waals surface area (Å²) in [5.74, 6) is 0.809. The molecule has 0 fully saturated rings. The van der Waals surface area contributed by atoms with E-state index in [-0.39, 0.29) is 5.78 Å². The van der Waals surface area contributed by atoms with Crippen LogP contribution in [0.2, 0.25) is 0 Å². The molecule has 15 heavy (non-hydrogen) atoms. The third-order valence-electron chi connectivity index (χ3n) is 2.33. The minimum atomic E-state index is 0.239. The summed E-state index contributed by atoms with van der Waals surface area (Å²) in [7, 11) is 0. The normalized spacial score (nSPS) is 10.6. The maximum Gasteiger partial charge on any atom is 0.137 e. The molecule has 0 radical (unpaired) electrons. The zero-order valence-electron chi connectivity index (χ0n) is 9.36. The molecular formula is C12H18N2O. The molecule has 0 aliphatic carbocycles. The minimum Gasteiger partial charge on any atom is -0.398 e. The van der Waals surface area contributed by atoms with Gasteiger partial charge in [-0.3, -0.25) is 9.78 Å². The Morgan fingerprint density at radius 1 is 1.53 bits per heavy atom. The predicted octanol–water partition coefficient (Wildman–Crippen LogP) is 2.21. The molecular weight excluding hydrogens is 188 g/mol. The fourth-order valence-electron chi connectivity index (χ4n) is 1.34. The number of ketones is 1. The second-order valence-electron chi connectivity index (χ2n) is 4.22. The highest BCUT2D eigenvalue weighted by Crippen LogP contribution is 2.12. The first-order valence-corrected chi connectivity index (χ1v) is 5.29. The summed E-state index contributed by atoms with van der Waals surface area (Å²) in [6.07, 6.45) is 5.29. The number of nitrogens with two attached hydrogens (primary N) is 1. The van der Waals surface area contributed by atoms with Crippen molar-refractivity contribution in [1.29, 1.82) is 0 Å². The molecule has 0 saturated carbocycles. The average molecular weight is 206 g/mol. The van der Waals surface area contributed by atoms with Gasteiger partial charge in [0.05, 0.1) is 0 Å². The Morgan fingerprint density at radius 3 is 2.87 bits per heavy atom. The Labute approximate surface area is 90.7 Å². The number of anilines is 1. The van der Waals surface area contributed by atoms with Gasteiger partial charge >= 0.3 is 0 Å². The molecule has 0 bridgehead atoms. The molecule has 2 N–H and O–H groups in total. The van der Waals surface area contributed by atoms with E-state index in [1.54, 1.807) is 18.5 Å². The zero-order chi connectivity index (χ0) is 11.3. The van der Waals surface area contributed by atoms with Crippen molar-refractivity contribution in [2.75, 3.05) is 5.73 Å². The van der Waals surface area contributed by atoms with E-state index in [0.29, 0.717) is 24.4 Å². The van der Waals surface area contributed by atoms with Gasteiger partial charge in [-0.15, -0.1) is 0 Å². The highest BCUT2D eigenvalue weighted by atomic mass is 16.1. The van der Waals surface area contributed by atoms with Crippen LogP contribution >= 0.6 is 0 Å². The molecule has 0 aliphatic rings. The fourth-order valence-corrected chi connectivity index (χ4v) is 1.34. The average Bonchev–Trinajstić information content (AvgIpc) is 2.18. The van der Waals surface area contributed by atoms with Crippen LogP contribution in [0.1, 0.15) is 32.3 Å². The minimum absolute atomic E-state index is 0.239. The number of pyridine rings is 1. The molecule has 0 saturated heterocycles. The van der Waals surface area contributed by atoms with Crippen molar-refractivity contribution in [1.82, 2.24) is 4.98 Å². The van der Waals surface area contributed by atoms with Gasteiger partial charge in [0.15, 0.2) is 0 Å². The summed E-state index contributed by atoms with van der Waals surface area (Å²) in [6.45, 7) is 4.23. The Balaban J connectivity index is 2.48. The number of hydrogen-bond donors (Lipinski definition) is 1. The van der Waals surface area contributed by atoms with Crippen molar-refractivity contribution in [3.05, 3.63) is 24.0 Å². The van der Waals surface area contributed by atoms with Crippen LogP contribution in [0.4, 0.5) is 5.69 Å². The second-order valence-corrected chi connectivity index (χ2v) is 4.22. The van der Waals surface area contributed by atoms with Crippen molar-refractivity contribution >= 4 is 11.5 Å². The lowest BCUT2D eigenvalue weighted by Gasteiger charge is -2.05. The van der Waals surface area contributed by atoms with Crippen LogP contribution in [-0.2, 0) is 11.2 Å². The number of hydrogen-bond acceptors (Lipinski definition) is 3. The monoisotopic (exact) mass is 206 g/mol. The Bertz CT molecular complexity index is 334. The van der Waals surface area contributed by atoms with E-state index in [1.807, 2.05) is 0 Å². The molecule has 0 spiro atoms. The lowest BCUT2D eigenvalue weighted by molar-refractivity contribution is -0.118. The van der Waals surface area contributed by atoms with Crippen LogP contribution < -0.4 is 5.73 Å². The van der Waals surface area contributed by atoms with Gasteiger partial charge < -0.3 is 5.73 Å². The lowest BCUT2D eigenvalue weighted by Crippen LogP contribution is -2.06. The van der Waals surface area contributed by atoms with Gasteiger partial charge in [-0.1, -0.05) is 13.8 Å². The van der Waals surface area contributed by atoms with Crippen LogP contribution in [0.25, 0.3) is 0 Å². The molecule has 0 aromatic carbocycles. The molecule has 1 aromatic rings. The summed E-state index contributed by atoms with van der Waals surface area (Å²) < 4.78 is 0. The Hall–Kier alpha value is -1.38. The first kappa shape index (κ1) is 11.7. The summed E-state index contributed by atoms with van der Waals surface area (Å²) in [5.41, 5.74) is 7.23. The largest absolute Gasteiger partial charge is 0.398 e. The third-order valence-corrected chi connectivity index (χ3v) is 2.33. The number of carbonyl (C=O) groups excluding carboxylic acids is 1. The van der Waals surface area contributed by atoms with Gasteiger partial charge in [0.25, 0.3) is 0 Å². The van der Waals surface area contributed by atoms with Crippen LogP contribution in [-0.4, -0.2) is 10.8 Å². The van der Waals surface area contributed by atoms with E-state index in [9.17, 15) is 4.79 Å². The second kappa shape index (κ2) is 5.49. The van der Waals surface area contributed by atoms with E-state index in [1.165, 1.54) is 0 Å². The van der Waals surface area contributed by atoms with Crippen LogP contribution in [0, 0.1) is 5.92 Å². The molecule has 1 heterocycles. The van der Waals surface area contributed by atoms with Gasteiger partial charge in [0.2, 0.25) is 0 Å². The van der Waals surface area contributed by atoms with E-state index >= 15 is 0 Å². The van der Waals surface area contributed by atoms with Gasteiger partial charge in [0, 0.05) is 36.5 Å². The van der Waals surface area contributed by atoms with Gasteiger partial charge in [-0.05, 0) is 18.4 Å². The van der Waals surface area contributed by atoms with Gasteiger partial charge in [0.1, 0.15) is 5.78 Å². The fraction of sp³-hybridized carbons (Fsp3) is 0.500. The molecule has 1 aromatic heterocycles. The highest BCUT2D eigenvalue weighted by molar-refractivity contribution is 5.82. The predicted molar refractivity (Wildman–Crippen MR) is 61.4 cm³/mol. The Morgan fingerprint density at radius 2 is 2.27 bits per heavy atom. The van der Waals surface area contributed by atoms with Gasteiger partial charge in [-0.25, -0.2) is 0 Å². The summed E-state index contributed by atoms with van der Waals surface area (Å²) in [4.78, 5) is 15.5. The summed E-state index contributed by atoms with van der Waals surface area (Å²) >= 11 is 0. The standard InChI is InChI=1S/C12H18N2O/c1-9(2)3-4-11(15)7-10-8-14-6-5-12(10)13/h5-6,8-9H,3-4,7H2,1-2H3,(H2,13,14). The molecule has 3 nitrogen and oxygen atoms in total. The molecule has 0 atom stereocenters. The highest BCUT2D eigenvalue weighted by Gasteiger charge is 2.07. The SMILES string of the molecule is CC(C)CCC(=O)Cc1cnccc1N. The van der Waals surface area contributed by atoms with E-state index in [4.69, 9.17) is 5.73 Å². The molecule has 0 aliphatic heterocycles. The summed E-state index contributed by atoms with van der Waals surface area (Å²) in [5, 5.41) is 0. The van der Waals surface area contributed by atoms with Crippen molar-refractivity contribution in [2.24, 2.45) is 5.92 Å². The van der Waals surface area contributed by atoms with Crippen molar-refractivity contribution in [2.45, 2.75) is 33.1 Å². The Kier molecular flexibility index (Phi) is 4.28. The number of nitrogens with zero attached hydrogens (tertiary/aromatic N) is 1. The smallest absolute Gasteiger partial charge is 0.137 e. The summed E-state index contributed by atoms with van der Waals surface area (Å²) in [6, 6.07) is 1.73. The van der Waals surface area contributed by atoms with E-state index in [2.05, 4.69) is 18.8 Å². The molecule has 3 heteroatoms. The first-order valence-electron chi connectivity index (χ1n) is 5.29. The van der Waals surface area contributed by atoms with Crippen LogP contribution in [0.3, 0.4) is 0 Å². The van der Waals surface area contributed by atoms with Crippen molar-refractivity contribution < 1.29 is 4.79 Å². The molecule has 82 valence electrons. The lowest BCUT2D eigenvalue weighted by atomic mass is 10.0. The topological polar surface area (TPSA) is 56.0 Å². The van der Waals surface area contributed by atoms with E-state index in [0.717, 1.165) is 12.0 Å². The maximum atomic E-state index is 11.6. The van der Waals surface area contributed by atoms with Crippen LogP contribution in [0.5, 0.6) is 0 Å². The number of carbonyl (C=O) groups is 1. The third kappa shape index (κ3) is 4.11. The molecule has 0 unspecified atom stereocenters. The molecule has 0 amide bonds. The quantitative estimate of drug-likeness (QED) is 0.803. The number of Topliss-reactive ketones (excluding diaryl/α,β-unsaturated/α-hetero) is 1. The zero-order valence-corrected chi connectivity index (χ0v) is 9.36.